The molecular weight excluding hydrogens is 298 g/mol. The van der Waals surface area contributed by atoms with Crippen LogP contribution < -0.4 is 4.72 Å². The third-order valence-corrected chi connectivity index (χ3v) is 5.38. The van der Waals surface area contributed by atoms with E-state index in [-0.39, 0.29) is 10.0 Å². The highest BCUT2D eigenvalue weighted by Gasteiger charge is 2.20. The number of aromatic nitrogens is 1. The lowest BCUT2D eigenvalue weighted by Crippen LogP contribution is -2.37. The molecule has 0 amide bonds. The second kappa shape index (κ2) is 6.85. The Hall–Kier alpha value is -0.690. The normalized spacial score (nSPS) is 16.9. The predicted octanol–water partition coefficient (Wildman–Crippen LogP) is 1.89. The number of nitrogens with zero attached hydrogens (tertiary/aromatic N) is 2. The van der Waals surface area contributed by atoms with Crippen LogP contribution in [0.1, 0.15) is 25.7 Å². The first-order valence-corrected chi connectivity index (χ1v) is 8.66. The van der Waals surface area contributed by atoms with E-state index in [1.54, 1.807) is 0 Å². The number of likely N-dealkylation sites (N-methyl/N-ethyl adjacent to an activating group) is 1. The fourth-order valence-corrected chi connectivity index (χ4v) is 3.79. The van der Waals surface area contributed by atoms with Crippen molar-refractivity contribution >= 4 is 21.6 Å². The molecule has 1 aliphatic carbocycles. The zero-order valence-corrected chi connectivity index (χ0v) is 13.1. The molecule has 0 spiro atoms. The maximum atomic E-state index is 12.1. The van der Waals surface area contributed by atoms with E-state index >= 15 is 0 Å². The molecule has 1 heterocycles. The fraction of sp³-hybridized carbons (Fsp3) is 0.615. The van der Waals surface area contributed by atoms with Crippen molar-refractivity contribution in [2.45, 2.75) is 36.6 Å². The van der Waals surface area contributed by atoms with Crippen molar-refractivity contribution in [2.24, 2.45) is 0 Å². The summed E-state index contributed by atoms with van der Waals surface area (Å²) in [4.78, 5) is 6.16. The van der Waals surface area contributed by atoms with Gasteiger partial charge in [-0.3, -0.25) is 0 Å². The van der Waals surface area contributed by atoms with Crippen molar-refractivity contribution in [1.82, 2.24) is 14.6 Å². The molecule has 0 unspecified atom stereocenters. The molecule has 0 bridgehead atoms. The molecule has 1 aromatic heterocycles. The van der Waals surface area contributed by atoms with Crippen LogP contribution in [0.25, 0.3) is 0 Å². The number of pyridine rings is 1. The molecule has 20 heavy (non-hydrogen) atoms. The zero-order chi connectivity index (χ0) is 14.6. The van der Waals surface area contributed by atoms with Crippen molar-refractivity contribution in [3.8, 4) is 0 Å². The Bertz CT molecular complexity index is 544. The van der Waals surface area contributed by atoms with E-state index in [0.29, 0.717) is 19.1 Å². The molecular formula is C13H20ClN3O2S. The SMILES string of the molecule is CN(CCNS(=O)(=O)c1ccnc(Cl)c1)C1CCCC1. The highest BCUT2D eigenvalue weighted by Crippen LogP contribution is 2.21. The summed E-state index contributed by atoms with van der Waals surface area (Å²) in [7, 11) is -1.45. The van der Waals surface area contributed by atoms with Gasteiger partial charge in [0.2, 0.25) is 10.0 Å². The zero-order valence-electron chi connectivity index (χ0n) is 11.5. The van der Waals surface area contributed by atoms with Crippen LogP contribution in [0.3, 0.4) is 0 Å². The quantitative estimate of drug-likeness (QED) is 0.814. The minimum absolute atomic E-state index is 0.154. The minimum Gasteiger partial charge on any atom is -0.302 e. The van der Waals surface area contributed by atoms with Gasteiger partial charge < -0.3 is 4.90 Å². The molecule has 112 valence electrons. The lowest BCUT2D eigenvalue weighted by Gasteiger charge is -2.23. The van der Waals surface area contributed by atoms with Crippen molar-refractivity contribution in [3.63, 3.8) is 0 Å². The van der Waals surface area contributed by atoms with Crippen LogP contribution in [0.2, 0.25) is 5.15 Å². The molecule has 0 aliphatic heterocycles. The Balaban J connectivity index is 1.86. The molecule has 1 aliphatic rings. The van der Waals surface area contributed by atoms with E-state index in [4.69, 9.17) is 11.6 Å². The summed E-state index contributed by atoms with van der Waals surface area (Å²) in [6.45, 7) is 1.11. The van der Waals surface area contributed by atoms with Crippen LogP contribution in [-0.4, -0.2) is 44.5 Å². The van der Waals surface area contributed by atoms with Gasteiger partial charge in [0.1, 0.15) is 5.15 Å². The van der Waals surface area contributed by atoms with Gasteiger partial charge in [0, 0.05) is 25.3 Å². The van der Waals surface area contributed by atoms with Crippen LogP contribution in [0.4, 0.5) is 0 Å². The van der Waals surface area contributed by atoms with Crippen LogP contribution in [-0.2, 0) is 10.0 Å². The summed E-state index contributed by atoms with van der Waals surface area (Å²) in [5.41, 5.74) is 0. The number of hydrogen-bond acceptors (Lipinski definition) is 4. The average Bonchev–Trinajstić information content (AvgIpc) is 2.92. The Kier molecular flexibility index (Phi) is 5.37. The van der Waals surface area contributed by atoms with Gasteiger partial charge in [0.15, 0.2) is 0 Å². The summed E-state index contributed by atoms with van der Waals surface area (Å²) in [6, 6.07) is 3.38. The van der Waals surface area contributed by atoms with E-state index in [0.717, 1.165) is 0 Å². The number of sulfonamides is 1. The number of rotatable bonds is 6. The topological polar surface area (TPSA) is 62.3 Å². The molecule has 2 rings (SSSR count). The van der Waals surface area contributed by atoms with Crippen LogP contribution in [0.15, 0.2) is 23.2 Å². The Morgan fingerprint density at radius 2 is 2.15 bits per heavy atom. The third-order valence-electron chi connectivity index (χ3n) is 3.71. The number of nitrogens with one attached hydrogen (secondary N) is 1. The predicted molar refractivity (Wildman–Crippen MR) is 79.3 cm³/mol. The number of hydrogen-bond donors (Lipinski definition) is 1. The second-order valence-corrected chi connectivity index (χ2v) is 7.29. The van der Waals surface area contributed by atoms with Gasteiger partial charge in [-0.2, -0.15) is 0 Å². The first-order valence-electron chi connectivity index (χ1n) is 6.80. The van der Waals surface area contributed by atoms with Gasteiger partial charge in [-0.25, -0.2) is 18.1 Å². The highest BCUT2D eigenvalue weighted by atomic mass is 35.5. The van der Waals surface area contributed by atoms with E-state index < -0.39 is 10.0 Å². The van der Waals surface area contributed by atoms with Gasteiger partial charge in [0.25, 0.3) is 0 Å². The lowest BCUT2D eigenvalue weighted by atomic mass is 10.2. The molecule has 0 atom stereocenters. The van der Waals surface area contributed by atoms with Crippen LogP contribution in [0.5, 0.6) is 0 Å². The van der Waals surface area contributed by atoms with Crippen molar-refractivity contribution < 1.29 is 8.42 Å². The maximum absolute atomic E-state index is 12.1. The minimum atomic E-state index is -3.50. The fourth-order valence-electron chi connectivity index (χ4n) is 2.52. The van der Waals surface area contributed by atoms with E-state index in [9.17, 15) is 8.42 Å². The van der Waals surface area contributed by atoms with Crippen LogP contribution >= 0.6 is 11.6 Å². The van der Waals surface area contributed by atoms with Gasteiger partial charge in [-0.1, -0.05) is 24.4 Å². The van der Waals surface area contributed by atoms with Crippen LogP contribution in [0, 0.1) is 0 Å². The molecule has 1 saturated carbocycles. The summed E-state index contributed by atoms with van der Waals surface area (Å²) in [5.74, 6) is 0. The van der Waals surface area contributed by atoms with Gasteiger partial charge in [0.05, 0.1) is 4.90 Å². The van der Waals surface area contributed by atoms with Crippen molar-refractivity contribution in [2.75, 3.05) is 20.1 Å². The third kappa shape index (κ3) is 4.15. The summed E-state index contributed by atoms with van der Waals surface area (Å²) in [6.07, 6.45) is 6.36. The van der Waals surface area contributed by atoms with Gasteiger partial charge >= 0.3 is 0 Å². The molecule has 0 saturated heterocycles. The maximum Gasteiger partial charge on any atom is 0.240 e. The molecule has 1 fully saturated rings. The smallest absolute Gasteiger partial charge is 0.240 e. The molecule has 7 heteroatoms. The molecule has 0 aromatic carbocycles. The Morgan fingerprint density at radius 1 is 1.45 bits per heavy atom. The molecule has 1 N–H and O–H groups in total. The summed E-state index contributed by atoms with van der Waals surface area (Å²) in [5, 5.41) is 0.177. The lowest BCUT2D eigenvalue weighted by molar-refractivity contribution is 0.250. The first kappa shape index (κ1) is 15.7. The van der Waals surface area contributed by atoms with E-state index in [2.05, 4.69) is 14.6 Å². The van der Waals surface area contributed by atoms with E-state index in [1.165, 1.54) is 44.0 Å². The van der Waals surface area contributed by atoms with E-state index in [1.807, 2.05) is 7.05 Å². The highest BCUT2D eigenvalue weighted by molar-refractivity contribution is 7.89. The summed E-state index contributed by atoms with van der Waals surface area (Å²) < 4.78 is 26.7. The summed E-state index contributed by atoms with van der Waals surface area (Å²) >= 11 is 5.71. The Labute approximate surface area is 125 Å². The van der Waals surface area contributed by atoms with Gasteiger partial charge in [-0.15, -0.1) is 0 Å². The molecule has 1 aromatic rings. The number of halogens is 1. The van der Waals surface area contributed by atoms with Gasteiger partial charge in [-0.05, 0) is 32.0 Å². The van der Waals surface area contributed by atoms with Crippen molar-refractivity contribution in [3.05, 3.63) is 23.5 Å². The second-order valence-electron chi connectivity index (χ2n) is 5.13. The average molecular weight is 318 g/mol. The monoisotopic (exact) mass is 317 g/mol. The Morgan fingerprint density at radius 3 is 2.80 bits per heavy atom. The molecule has 5 nitrogen and oxygen atoms in total. The standard InChI is InChI=1S/C13H20ClN3O2S/c1-17(11-4-2-3-5-11)9-8-16-20(18,19)12-6-7-15-13(14)10-12/h6-7,10-11,16H,2-5,8-9H2,1H3. The largest absolute Gasteiger partial charge is 0.302 e. The first-order chi connectivity index (χ1) is 9.49. The molecule has 0 radical (unpaired) electrons. The van der Waals surface area contributed by atoms with Crippen molar-refractivity contribution in [1.29, 1.82) is 0 Å².